The molecule has 0 aromatic heterocycles. The number of Topliss-reactive ketones (excluding diaryl/α,β-unsaturated/α-hetero) is 1. The third-order valence-corrected chi connectivity index (χ3v) is 2.54. The molecule has 1 rings (SSSR count). The third kappa shape index (κ3) is 4.86. The second-order valence-electron chi connectivity index (χ2n) is 3.45. The lowest BCUT2D eigenvalue weighted by molar-refractivity contribution is -0.118. The molecule has 0 spiro atoms. The monoisotopic (exact) mass is 260 g/mol. The highest BCUT2D eigenvalue weighted by Gasteiger charge is 2.01. The Morgan fingerprint density at radius 1 is 1.25 bits per heavy atom. The van der Waals surface area contributed by atoms with Crippen LogP contribution in [0.15, 0.2) is 18.2 Å². The van der Waals surface area contributed by atoms with E-state index in [-0.39, 0.29) is 5.78 Å². The topological polar surface area (TPSA) is 26.3 Å². The van der Waals surface area contributed by atoms with Crippen LogP contribution in [0.1, 0.15) is 26.2 Å². The molecule has 0 fully saturated rings. The number of carbonyl (C=O) groups excluding carboxylic acids is 1. The number of carbonyl (C=O) groups is 1. The lowest BCUT2D eigenvalue weighted by Crippen LogP contribution is -2.02. The zero-order chi connectivity index (χ0) is 12.0. The number of benzene rings is 1. The Kier molecular flexibility index (Phi) is 5.64. The van der Waals surface area contributed by atoms with Crippen LogP contribution in [-0.2, 0) is 4.79 Å². The van der Waals surface area contributed by atoms with Crippen LogP contribution in [0, 0.1) is 0 Å². The van der Waals surface area contributed by atoms with Crippen LogP contribution in [0.2, 0.25) is 10.0 Å². The molecule has 0 amide bonds. The standard InChI is InChI=1S/C12H14Cl2O2/c1-2-11(15)4-3-5-16-12-7-9(13)6-10(14)8-12/h6-8H,2-5H2,1H3. The summed E-state index contributed by atoms with van der Waals surface area (Å²) in [6.45, 7) is 2.36. The van der Waals surface area contributed by atoms with E-state index in [1.807, 2.05) is 6.92 Å². The van der Waals surface area contributed by atoms with Gasteiger partial charge in [-0.1, -0.05) is 30.1 Å². The minimum absolute atomic E-state index is 0.257. The average molecular weight is 261 g/mol. The number of hydrogen-bond acceptors (Lipinski definition) is 2. The first-order valence-corrected chi connectivity index (χ1v) is 5.98. The highest BCUT2D eigenvalue weighted by molar-refractivity contribution is 6.34. The minimum atomic E-state index is 0.257. The first-order chi connectivity index (χ1) is 7.61. The average Bonchev–Trinajstić information content (AvgIpc) is 2.22. The summed E-state index contributed by atoms with van der Waals surface area (Å²) in [7, 11) is 0. The van der Waals surface area contributed by atoms with Crippen molar-refractivity contribution in [1.29, 1.82) is 0 Å². The molecule has 4 heteroatoms. The van der Waals surface area contributed by atoms with Crippen molar-refractivity contribution < 1.29 is 9.53 Å². The van der Waals surface area contributed by atoms with Crippen molar-refractivity contribution in [3.63, 3.8) is 0 Å². The molecule has 0 N–H and O–H groups in total. The maximum atomic E-state index is 11.0. The maximum absolute atomic E-state index is 11.0. The van der Waals surface area contributed by atoms with Crippen molar-refractivity contribution >= 4 is 29.0 Å². The number of halogens is 2. The van der Waals surface area contributed by atoms with Crippen LogP contribution in [0.25, 0.3) is 0 Å². The molecule has 0 saturated heterocycles. The molecule has 0 bridgehead atoms. The fourth-order valence-corrected chi connectivity index (χ4v) is 1.75. The Balaban J connectivity index is 2.34. The van der Waals surface area contributed by atoms with Crippen molar-refractivity contribution in [2.45, 2.75) is 26.2 Å². The summed E-state index contributed by atoms with van der Waals surface area (Å²) in [6, 6.07) is 5.06. The highest BCUT2D eigenvalue weighted by Crippen LogP contribution is 2.24. The molecule has 1 aromatic rings. The number of hydrogen-bond donors (Lipinski definition) is 0. The molecule has 2 nitrogen and oxygen atoms in total. The van der Waals surface area contributed by atoms with Gasteiger partial charge in [-0.3, -0.25) is 4.79 Å². The SMILES string of the molecule is CCC(=O)CCCOc1cc(Cl)cc(Cl)c1. The van der Waals surface area contributed by atoms with Gasteiger partial charge in [0.25, 0.3) is 0 Å². The van der Waals surface area contributed by atoms with Crippen LogP contribution in [0.5, 0.6) is 5.75 Å². The van der Waals surface area contributed by atoms with Crippen molar-refractivity contribution in [2.75, 3.05) is 6.61 Å². The largest absolute Gasteiger partial charge is 0.493 e. The van der Waals surface area contributed by atoms with E-state index >= 15 is 0 Å². The van der Waals surface area contributed by atoms with E-state index in [0.717, 1.165) is 6.42 Å². The first-order valence-electron chi connectivity index (χ1n) is 5.22. The highest BCUT2D eigenvalue weighted by atomic mass is 35.5. The van der Waals surface area contributed by atoms with E-state index in [1.54, 1.807) is 18.2 Å². The van der Waals surface area contributed by atoms with Crippen molar-refractivity contribution in [2.24, 2.45) is 0 Å². The van der Waals surface area contributed by atoms with E-state index in [0.29, 0.717) is 35.2 Å². The molecule has 0 radical (unpaired) electrons. The molecule has 0 aliphatic carbocycles. The van der Waals surface area contributed by atoms with E-state index < -0.39 is 0 Å². The summed E-state index contributed by atoms with van der Waals surface area (Å²) in [5.74, 6) is 0.897. The van der Waals surface area contributed by atoms with Crippen molar-refractivity contribution in [1.82, 2.24) is 0 Å². The Morgan fingerprint density at radius 3 is 2.44 bits per heavy atom. The number of rotatable bonds is 6. The van der Waals surface area contributed by atoms with Crippen molar-refractivity contribution in [3.8, 4) is 5.75 Å². The lowest BCUT2D eigenvalue weighted by Gasteiger charge is -2.06. The minimum Gasteiger partial charge on any atom is -0.493 e. The van der Waals surface area contributed by atoms with Crippen molar-refractivity contribution in [3.05, 3.63) is 28.2 Å². The summed E-state index contributed by atoms with van der Waals surface area (Å²) in [5.41, 5.74) is 0. The van der Waals surface area contributed by atoms with Crippen LogP contribution >= 0.6 is 23.2 Å². The van der Waals surface area contributed by atoms with Gasteiger partial charge in [0.2, 0.25) is 0 Å². The lowest BCUT2D eigenvalue weighted by atomic mass is 10.2. The molecule has 16 heavy (non-hydrogen) atoms. The van der Waals surface area contributed by atoms with Gasteiger partial charge in [-0.15, -0.1) is 0 Å². The smallest absolute Gasteiger partial charge is 0.132 e. The molecule has 0 aliphatic heterocycles. The molecular weight excluding hydrogens is 247 g/mol. The fourth-order valence-electron chi connectivity index (χ4n) is 1.25. The van der Waals surface area contributed by atoms with Gasteiger partial charge in [-0.25, -0.2) is 0 Å². The maximum Gasteiger partial charge on any atom is 0.132 e. The molecule has 0 saturated carbocycles. The normalized spacial score (nSPS) is 10.2. The molecule has 0 atom stereocenters. The third-order valence-electron chi connectivity index (χ3n) is 2.10. The zero-order valence-corrected chi connectivity index (χ0v) is 10.6. The predicted octanol–water partition coefficient (Wildman–Crippen LogP) is 4.13. The fraction of sp³-hybridized carbons (Fsp3) is 0.417. The van der Waals surface area contributed by atoms with Gasteiger partial charge in [0.1, 0.15) is 11.5 Å². The van der Waals surface area contributed by atoms with Gasteiger partial charge in [0.05, 0.1) is 6.61 Å². The quantitative estimate of drug-likeness (QED) is 0.719. The Hall–Kier alpha value is -0.730. The Morgan fingerprint density at radius 2 is 1.88 bits per heavy atom. The van der Waals surface area contributed by atoms with Crippen LogP contribution in [0.4, 0.5) is 0 Å². The van der Waals surface area contributed by atoms with E-state index in [2.05, 4.69) is 0 Å². The zero-order valence-electron chi connectivity index (χ0n) is 9.13. The van der Waals surface area contributed by atoms with Gasteiger partial charge in [0.15, 0.2) is 0 Å². The summed E-state index contributed by atoms with van der Waals surface area (Å²) >= 11 is 11.6. The predicted molar refractivity (Wildman–Crippen MR) is 66.5 cm³/mol. The second-order valence-corrected chi connectivity index (χ2v) is 4.32. The summed E-state index contributed by atoms with van der Waals surface area (Å²) < 4.78 is 5.44. The second kappa shape index (κ2) is 6.77. The summed E-state index contributed by atoms with van der Waals surface area (Å²) in [5, 5.41) is 1.10. The Labute approximate surface area is 106 Å². The van der Waals surface area contributed by atoms with E-state index in [1.165, 1.54) is 0 Å². The first kappa shape index (κ1) is 13.3. The number of ketones is 1. The molecule has 88 valence electrons. The van der Waals surface area contributed by atoms with E-state index in [4.69, 9.17) is 27.9 Å². The molecule has 1 aromatic carbocycles. The number of ether oxygens (including phenoxy) is 1. The van der Waals surface area contributed by atoms with Crippen LogP contribution < -0.4 is 4.74 Å². The molecule has 0 heterocycles. The summed E-state index contributed by atoms with van der Waals surface area (Å²) in [6.07, 6.45) is 1.87. The van der Waals surface area contributed by atoms with Gasteiger partial charge >= 0.3 is 0 Å². The Bertz CT molecular complexity index is 344. The van der Waals surface area contributed by atoms with Gasteiger partial charge in [-0.05, 0) is 24.6 Å². The van der Waals surface area contributed by atoms with E-state index in [9.17, 15) is 4.79 Å². The molecule has 0 aliphatic rings. The summed E-state index contributed by atoms with van der Waals surface area (Å²) in [4.78, 5) is 11.0. The molecule has 0 unspecified atom stereocenters. The van der Waals surface area contributed by atoms with Gasteiger partial charge in [-0.2, -0.15) is 0 Å². The van der Waals surface area contributed by atoms with Gasteiger partial charge < -0.3 is 4.74 Å². The van der Waals surface area contributed by atoms with Crippen LogP contribution in [-0.4, -0.2) is 12.4 Å². The molecular formula is C12H14Cl2O2. The van der Waals surface area contributed by atoms with Gasteiger partial charge in [0, 0.05) is 22.9 Å². The van der Waals surface area contributed by atoms with Crippen LogP contribution in [0.3, 0.4) is 0 Å².